The largest absolute Gasteiger partial charge is 0.490 e. The zero-order valence-corrected chi connectivity index (χ0v) is 5.70. The lowest BCUT2D eigenvalue weighted by molar-refractivity contribution is 0.155. The first-order chi connectivity index (χ1) is 5.16. The van der Waals surface area contributed by atoms with E-state index in [0.29, 0.717) is 0 Å². The number of nitrogens with one attached hydrogen (secondary N) is 1. The summed E-state index contributed by atoms with van der Waals surface area (Å²) in [4.78, 5) is 23.4. The van der Waals surface area contributed by atoms with Crippen LogP contribution in [0.5, 0.6) is 5.75 Å². The molecule has 6 heteroatoms. The van der Waals surface area contributed by atoms with Crippen LogP contribution in [0.15, 0.2) is 15.8 Å². The van der Waals surface area contributed by atoms with Crippen molar-refractivity contribution >= 4 is 0 Å². The number of nitrogens with zero attached hydrogens (tertiary/aromatic N) is 1. The fraction of sp³-hybridized carbons (Fsp3) is 0.200. The van der Waals surface area contributed by atoms with Gasteiger partial charge in [0, 0.05) is 0 Å². The van der Waals surface area contributed by atoms with E-state index in [1.165, 1.54) is 7.11 Å². The van der Waals surface area contributed by atoms with Gasteiger partial charge in [-0.1, -0.05) is 4.73 Å². The number of rotatable bonds is 1. The van der Waals surface area contributed by atoms with E-state index in [9.17, 15) is 9.59 Å². The summed E-state index contributed by atoms with van der Waals surface area (Å²) in [5.41, 5.74) is -1.77. The SMILES string of the molecule is COc1c[nH]c(=O)n(O)c1=O. The van der Waals surface area contributed by atoms with E-state index in [1.807, 2.05) is 0 Å². The van der Waals surface area contributed by atoms with Crippen molar-refractivity contribution in [3.8, 4) is 5.75 Å². The van der Waals surface area contributed by atoms with Gasteiger partial charge in [-0.3, -0.25) is 4.79 Å². The quantitative estimate of drug-likeness (QED) is 0.502. The lowest BCUT2D eigenvalue weighted by atomic mass is 10.6. The summed E-state index contributed by atoms with van der Waals surface area (Å²) in [5.74, 6) is -0.118. The van der Waals surface area contributed by atoms with Gasteiger partial charge >= 0.3 is 11.2 Å². The number of H-pyrrole nitrogens is 1. The highest BCUT2D eigenvalue weighted by Crippen LogP contribution is 1.92. The molecule has 0 atom stereocenters. The lowest BCUT2D eigenvalue weighted by Crippen LogP contribution is -2.33. The average molecular weight is 158 g/mol. The Bertz CT molecular complexity index is 363. The first-order valence-electron chi connectivity index (χ1n) is 2.75. The van der Waals surface area contributed by atoms with Gasteiger partial charge in [-0.25, -0.2) is 4.79 Å². The summed E-state index contributed by atoms with van der Waals surface area (Å²) in [6.45, 7) is 0. The third-order valence-corrected chi connectivity index (χ3v) is 1.14. The van der Waals surface area contributed by atoms with Crippen molar-refractivity contribution in [2.75, 3.05) is 7.11 Å². The van der Waals surface area contributed by atoms with Crippen molar-refractivity contribution in [3.05, 3.63) is 27.0 Å². The van der Waals surface area contributed by atoms with Crippen LogP contribution in [0, 0.1) is 0 Å². The number of aromatic nitrogens is 2. The zero-order chi connectivity index (χ0) is 8.43. The maximum Gasteiger partial charge on any atom is 0.362 e. The second-order valence-electron chi connectivity index (χ2n) is 1.78. The standard InChI is InChI=1S/C5H6N2O4/c1-11-3-2-6-5(9)7(10)4(3)8/h2,10H,1H3,(H,6,9). The van der Waals surface area contributed by atoms with E-state index in [1.54, 1.807) is 0 Å². The fourth-order valence-electron chi connectivity index (χ4n) is 0.593. The Morgan fingerprint density at radius 3 is 2.82 bits per heavy atom. The highest BCUT2D eigenvalue weighted by Gasteiger charge is 2.03. The first kappa shape index (κ1) is 7.39. The third kappa shape index (κ3) is 1.09. The molecule has 0 fully saturated rings. The second-order valence-corrected chi connectivity index (χ2v) is 1.78. The minimum Gasteiger partial charge on any atom is -0.490 e. The van der Waals surface area contributed by atoms with Gasteiger partial charge in [-0.15, -0.1) is 0 Å². The molecule has 0 saturated heterocycles. The van der Waals surface area contributed by atoms with E-state index in [-0.39, 0.29) is 10.5 Å². The second kappa shape index (κ2) is 2.49. The Morgan fingerprint density at radius 1 is 1.64 bits per heavy atom. The van der Waals surface area contributed by atoms with Gasteiger partial charge in [0.15, 0.2) is 0 Å². The topological polar surface area (TPSA) is 84.3 Å². The monoisotopic (exact) mass is 158 g/mol. The van der Waals surface area contributed by atoms with Crippen LogP contribution in [0.25, 0.3) is 0 Å². The fourth-order valence-corrected chi connectivity index (χ4v) is 0.593. The molecular weight excluding hydrogens is 152 g/mol. The molecular formula is C5H6N2O4. The normalized spacial score (nSPS) is 9.55. The van der Waals surface area contributed by atoms with Gasteiger partial charge in [0.1, 0.15) is 0 Å². The predicted octanol–water partition coefficient (Wildman–Crippen LogP) is -1.22. The van der Waals surface area contributed by atoms with Gasteiger partial charge in [0.05, 0.1) is 13.3 Å². The molecule has 0 aliphatic rings. The van der Waals surface area contributed by atoms with E-state index in [2.05, 4.69) is 9.72 Å². The van der Waals surface area contributed by atoms with Crippen LogP contribution in [-0.4, -0.2) is 22.0 Å². The van der Waals surface area contributed by atoms with Gasteiger partial charge in [0.2, 0.25) is 5.75 Å². The number of hydrogen-bond acceptors (Lipinski definition) is 4. The molecule has 2 N–H and O–H groups in total. The zero-order valence-electron chi connectivity index (χ0n) is 5.70. The van der Waals surface area contributed by atoms with Crippen LogP contribution >= 0.6 is 0 Å². The minimum absolute atomic E-state index is 0.0567. The molecule has 1 aromatic rings. The van der Waals surface area contributed by atoms with Gasteiger partial charge < -0.3 is 14.9 Å². The molecule has 0 aliphatic carbocycles. The van der Waals surface area contributed by atoms with Crippen LogP contribution in [0.2, 0.25) is 0 Å². The predicted molar refractivity (Wildman–Crippen MR) is 35.1 cm³/mol. The van der Waals surface area contributed by atoms with Crippen molar-refractivity contribution in [1.29, 1.82) is 0 Å². The first-order valence-corrected chi connectivity index (χ1v) is 2.75. The maximum absolute atomic E-state index is 10.8. The Hall–Kier alpha value is -1.72. The molecule has 6 nitrogen and oxygen atoms in total. The lowest BCUT2D eigenvalue weighted by Gasteiger charge is -1.97. The summed E-state index contributed by atoms with van der Waals surface area (Å²) in [6, 6.07) is 0. The van der Waals surface area contributed by atoms with Crippen LogP contribution < -0.4 is 16.0 Å². The summed E-state index contributed by atoms with van der Waals surface area (Å²) >= 11 is 0. The number of aromatic amines is 1. The molecule has 1 rings (SSSR count). The van der Waals surface area contributed by atoms with E-state index >= 15 is 0 Å². The van der Waals surface area contributed by atoms with E-state index in [4.69, 9.17) is 5.21 Å². The van der Waals surface area contributed by atoms with Crippen LogP contribution in [0.1, 0.15) is 0 Å². The minimum atomic E-state index is -0.893. The van der Waals surface area contributed by atoms with Crippen LogP contribution in [0.4, 0.5) is 0 Å². The van der Waals surface area contributed by atoms with Crippen molar-refractivity contribution in [2.45, 2.75) is 0 Å². The molecule has 0 radical (unpaired) electrons. The Balaban J connectivity index is 3.50. The maximum atomic E-state index is 10.8. The van der Waals surface area contributed by atoms with E-state index < -0.39 is 11.2 Å². The number of hydrogen-bond donors (Lipinski definition) is 2. The molecule has 0 saturated carbocycles. The van der Waals surface area contributed by atoms with E-state index in [0.717, 1.165) is 6.20 Å². The molecule has 0 bridgehead atoms. The Kier molecular flexibility index (Phi) is 1.67. The average Bonchev–Trinajstić information content (AvgIpc) is 2.01. The smallest absolute Gasteiger partial charge is 0.362 e. The third-order valence-electron chi connectivity index (χ3n) is 1.14. The summed E-state index contributed by atoms with van der Waals surface area (Å²) in [7, 11) is 1.26. The molecule has 1 heterocycles. The molecule has 60 valence electrons. The van der Waals surface area contributed by atoms with Crippen LogP contribution in [0.3, 0.4) is 0 Å². The van der Waals surface area contributed by atoms with Gasteiger partial charge in [-0.05, 0) is 0 Å². The van der Waals surface area contributed by atoms with Gasteiger partial charge in [0.25, 0.3) is 0 Å². The Morgan fingerprint density at radius 2 is 2.27 bits per heavy atom. The molecule has 0 aliphatic heterocycles. The Labute approximate surface area is 60.6 Å². The van der Waals surface area contributed by atoms with Crippen molar-refractivity contribution < 1.29 is 9.94 Å². The molecule has 0 unspecified atom stereocenters. The molecule has 0 spiro atoms. The summed E-state index contributed by atoms with van der Waals surface area (Å²) in [5, 5.41) is 8.70. The van der Waals surface area contributed by atoms with Gasteiger partial charge in [-0.2, -0.15) is 0 Å². The van der Waals surface area contributed by atoms with Crippen molar-refractivity contribution in [3.63, 3.8) is 0 Å². The summed E-state index contributed by atoms with van der Waals surface area (Å²) < 4.78 is 4.46. The van der Waals surface area contributed by atoms with Crippen LogP contribution in [-0.2, 0) is 0 Å². The molecule has 0 amide bonds. The molecule has 1 aromatic heterocycles. The number of ether oxygens (including phenoxy) is 1. The number of methoxy groups -OCH3 is 1. The van der Waals surface area contributed by atoms with Crippen molar-refractivity contribution in [2.24, 2.45) is 0 Å². The molecule has 0 aromatic carbocycles. The van der Waals surface area contributed by atoms with Crippen molar-refractivity contribution in [1.82, 2.24) is 9.71 Å². The summed E-state index contributed by atoms with van der Waals surface area (Å²) in [6.07, 6.45) is 1.08. The molecule has 11 heavy (non-hydrogen) atoms. The highest BCUT2D eigenvalue weighted by molar-refractivity contribution is 5.10. The highest BCUT2D eigenvalue weighted by atomic mass is 16.5.